The molecule has 0 aromatic heterocycles. The van der Waals surface area contributed by atoms with Crippen molar-refractivity contribution in [3.8, 4) is 11.5 Å². The number of rotatable bonds is 8. The number of aryl methyl sites for hydroxylation is 2. The van der Waals surface area contributed by atoms with Crippen LogP contribution in [0.5, 0.6) is 11.5 Å². The first-order valence-electron chi connectivity index (χ1n) is 9.40. The summed E-state index contributed by atoms with van der Waals surface area (Å²) >= 11 is 0. The molecule has 0 radical (unpaired) electrons. The summed E-state index contributed by atoms with van der Waals surface area (Å²) in [6.45, 7) is 0. The van der Waals surface area contributed by atoms with Crippen molar-refractivity contribution in [3.05, 3.63) is 111 Å². The smallest absolute Gasteiger partial charge is 0.343 e. The maximum Gasteiger partial charge on any atom is 0.343 e. The van der Waals surface area contributed by atoms with Crippen LogP contribution in [0.25, 0.3) is 6.08 Å². The number of benzene rings is 3. The number of hydrogen-bond donors (Lipinski definition) is 0. The van der Waals surface area contributed by atoms with Crippen LogP contribution in [0.15, 0.2) is 79.0 Å². The van der Waals surface area contributed by atoms with Crippen LogP contribution in [0.1, 0.15) is 27.0 Å². The molecule has 0 fully saturated rings. The van der Waals surface area contributed by atoms with Crippen molar-refractivity contribution < 1.29 is 19.2 Å². The number of nitro groups is 1. The van der Waals surface area contributed by atoms with Crippen molar-refractivity contribution in [2.45, 2.75) is 12.8 Å². The predicted molar refractivity (Wildman–Crippen MR) is 114 cm³/mol. The van der Waals surface area contributed by atoms with Gasteiger partial charge in [0.05, 0.1) is 17.6 Å². The second kappa shape index (κ2) is 10.0. The summed E-state index contributed by atoms with van der Waals surface area (Å²) in [6, 6.07) is 22.2. The fourth-order valence-corrected chi connectivity index (χ4v) is 3.04. The van der Waals surface area contributed by atoms with E-state index in [1.165, 1.54) is 18.7 Å². The molecule has 3 rings (SSSR count). The summed E-state index contributed by atoms with van der Waals surface area (Å²) in [7, 11) is 1.45. The molecule has 6 nitrogen and oxygen atoms in total. The second-order valence-electron chi connectivity index (χ2n) is 6.54. The van der Waals surface area contributed by atoms with Gasteiger partial charge < -0.3 is 9.47 Å². The van der Waals surface area contributed by atoms with Crippen LogP contribution in [0.4, 0.5) is 0 Å². The van der Waals surface area contributed by atoms with Gasteiger partial charge in [-0.05, 0) is 47.7 Å². The van der Waals surface area contributed by atoms with E-state index >= 15 is 0 Å². The first kappa shape index (κ1) is 20.8. The summed E-state index contributed by atoms with van der Waals surface area (Å²) < 4.78 is 10.9. The Labute approximate surface area is 174 Å². The fourth-order valence-electron chi connectivity index (χ4n) is 3.04. The highest BCUT2D eigenvalue weighted by Gasteiger charge is 2.16. The lowest BCUT2D eigenvalue weighted by molar-refractivity contribution is -0.400. The van der Waals surface area contributed by atoms with Gasteiger partial charge in [-0.1, -0.05) is 54.6 Å². The highest BCUT2D eigenvalue weighted by atomic mass is 16.6. The van der Waals surface area contributed by atoms with Crippen molar-refractivity contribution in [1.82, 2.24) is 0 Å². The summed E-state index contributed by atoms with van der Waals surface area (Å²) in [5, 5.41) is 10.5. The molecule has 0 bridgehead atoms. The van der Waals surface area contributed by atoms with E-state index in [1.54, 1.807) is 30.3 Å². The third-order valence-corrected chi connectivity index (χ3v) is 4.54. The molecule has 3 aromatic rings. The number of ether oxygens (including phenoxy) is 2. The van der Waals surface area contributed by atoms with Crippen molar-refractivity contribution in [1.29, 1.82) is 0 Å². The molecule has 6 heteroatoms. The van der Waals surface area contributed by atoms with Crippen LogP contribution in [0, 0.1) is 10.1 Å². The molecule has 0 atom stereocenters. The highest BCUT2D eigenvalue weighted by molar-refractivity contribution is 5.93. The summed E-state index contributed by atoms with van der Waals surface area (Å²) in [5.41, 5.74) is 3.15. The van der Waals surface area contributed by atoms with E-state index in [9.17, 15) is 14.9 Å². The van der Waals surface area contributed by atoms with Crippen LogP contribution >= 0.6 is 0 Å². The number of carbonyl (C=O) groups excluding carboxylic acids is 1. The van der Waals surface area contributed by atoms with Gasteiger partial charge in [0.25, 0.3) is 0 Å². The Hall–Kier alpha value is -3.93. The molecule has 3 aromatic carbocycles. The van der Waals surface area contributed by atoms with Crippen molar-refractivity contribution in [2.75, 3.05) is 7.11 Å². The molecule has 0 spiro atoms. The van der Waals surface area contributed by atoms with Crippen molar-refractivity contribution >= 4 is 12.0 Å². The Morgan fingerprint density at radius 3 is 2.43 bits per heavy atom. The zero-order valence-corrected chi connectivity index (χ0v) is 16.5. The van der Waals surface area contributed by atoms with Crippen molar-refractivity contribution in [2.24, 2.45) is 0 Å². The lowest BCUT2D eigenvalue weighted by Gasteiger charge is -2.12. The van der Waals surface area contributed by atoms with Gasteiger partial charge in [-0.25, -0.2) is 4.79 Å². The Kier molecular flexibility index (Phi) is 6.95. The molecule has 0 unspecified atom stereocenters. The molecule has 0 aliphatic carbocycles. The van der Waals surface area contributed by atoms with Crippen LogP contribution in [0.3, 0.4) is 0 Å². The average molecular weight is 403 g/mol. The number of carbonyl (C=O) groups is 1. The maximum absolute atomic E-state index is 12.8. The second-order valence-corrected chi connectivity index (χ2v) is 6.54. The van der Waals surface area contributed by atoms with E-state index in [2.05, 4.69) is 12.1 Å². The predicted octanol–water partition coefficient (Wildman–Crippen LogP) is 4.95. The number of methoxy groups -OCH3 is 1. The van der Waals surface area contributed by atoms with Crippen LogP contribution < -0.4 is 9.47 Å². The highest BCUT2D eigenvalue weighted by Crippen LogP contribution is 2.29. The standard InChI is InChI=1S/C24H21NO5/c1-29-23-17-19(15-16-25(27)28)12-14-22(23)30-24(26)21-10-6-5-9-20(21)13-11-18-7-3-2-4-8-18/h2-10,12,14-17H,11,13H2,1H3. The number of hydrogen-bond acceptors (Lipinski definition) is 5. The first-order valence-corrected chi connectivity index (χ1v) is 9.40. The molecule has 0 saturated carbocycles. The van der Waals surface area contributed by atoms with E-state index in [1.807, 2.05) is 30.3 Å². The molecule has 0 aliphatic rings. The third kappa shape index (κ3) is 5.54. The van der Waals surface area contributed by atoms with E-state index < -0.39 is 10.9 Å². The SMILES string of the molecule is COc1cc(C=C[N+](=O)[O-])ccc1OC(=O)c1ccccc1CCc1ccccc1. The number of esters is 1. The van der Waals surface area contributed by atoms with E-state index in [0.717, 1.165) is 18.2 Å². The van der Waals surface area contributed by atoms with Gasteiger partial charge in [0.15, 0.2) is 11.5 Å². The topological polar surface area (TPSA) is 78.7 Å². The lowest BCUT2D eigenvalue weighted by Crippen LogP contribution is -2.12. The Bertz CT molecular complexity index is 1060. The maximum atomic E-state index is 12.8. The van der Waals surface area contributed by atoms with Crippen molar-refractivity contribution in [3.63, 3.8) is 0 Å². The van der Waals surface area contributed by atoms with Gasteiger partial charge in [-0.2, -0.15) is 0 Å². The molecular weight excluding hydrogens is 382 g/mol. The van der Waals surface area contributed by atoms with Crippen LogP contribution in [0.2, 0.25) is 0 Å². The van der Waals surface area contributed by atoms with E-state index in [-0.39, 0.29) is 5.75 Å². The monoisotopic (exact) mass is 403 g/mol. The zero-order chi connectivity index (χ0) is 21.3. The van der Waals surface area contributed by atoms with Crippen LogP contribution in [-0.2, 0) is 12.8 Å². The minimum absolute atomic E-state index is 0.249. The third-order valence-electron chi connectivity index (χ3n) is 4.54. The summed E-state index contributed by atoms with van der Waals surface area (Å²) in [4.78, 5) is 22.8. The molecule has 30 heavy (non-hydrogen) atoms. The minimum atomic E-state index is -0.549. The Morgan fingerprint density at radius 1 is 0.967 bits per heavy atom. The zero-order valence-electron chi connectivity index (χ0n) is 16.5. The quantitative estimate of drug-likeness (QED) is 0.230. The average Bonchev–Trinajstić information content (AvgIpc) is 2.77. The van der Waals surface area contributed by atoms with Gasteiger partial charge in [-0.15, -0.1) is 0 Å². The van der Waals surface area contributed by atoms with Gasteiger partial charge in [-0.3, -0.25) is 10.1 Å². The molecule has 0 heterocycles. The Morgan fingerprint density at radius 2 is 1.70 bits per heavy atom. The van der Waals surface area contributed by atoms with E-state index in [0.29, 0.717) is 23.3 Å². The minimum Gasteiger partial charge on any atom is -0.493 e. The Balaban J connectivity index is 1.77. The summed E-state index contributed by atoms with van der Waals surface area (Å²) in [6.07, 6.45) is 3.69. The van der Waals surface area contributed by atoms with Crippen LogP contribution in [-0.4, -0.2) is 18.0 Å². The first-order chi connectivity index (χ1) is 14.6. The van der Waals surface area contributed by atoms with Gasteiger partial charge >= 0.3 is 5.97 Å². The molecule has 0 N–H and O–H groups in total. The molecule has 0 aliphatic heterocycles. The lowest BCUT2D eigenvalue weighted by atomic mass is 10.00. The molecule has 152 valence electrons. The van der Waals surface area contributed by atoms with Gasteiger partial charge in [0, 0.05) is 6.08 Å². The molecular formula is C24H21NO5. The number of nitrogens with zero attached hydrogens (tertiary/aromatic N) is 1. The van der Waals surface area contributed by atoms with E-state index in [4.69, 9.17) is 9.47 Å². The fraction of sp³-hybridized carbons (Fsp3) is 0.125. The molecule has 0 amide bonds. The summed E-state index contributed by atoms with van der Waals surface area (Å²) in [5.74, 6) is 0.0831. The largest absolute Gasteiger partial charge is 0.493 e. The van der Waals surface area contributed by atoms with Gasteiger partial charge in [0.1, 0.15) is 0 Å². The molecule has 0 saturated heterocycles. The normalized spacial score (nSPS) is 10.7. The van der Waals surface area contributed by atoms with Gasteiger partial charge in [0.2, 0.25) is 6.20 Å².